The molecular weight excluding hydrogens is 344 g/mol. The minimum absolute atomic E-state index is 0.0943. The van der Waals surface area contributed by atoms with E-state index in [2.05, 4.69) is 21.6 Å². The predicted octanol–water partition coefficient (Wildman–Crippen LogP) is 0.241. The number of imide groups is 1. The molecule has 0 saturated carbocycles. The highest BCUT2D eigenvalue weighted by Crippen LogP contribution is 2.31. The summed E-state index contributed by atoms with van der Waals surface area (Å²) in [4.78, 5) is 40.6. The Hall–Kier alpha value is -2.25. The summed E-state index contributed by atoms with van der Waals surface area (Å²) in [6.45, 7) is 4.59. The van der Waals surface area contributed by atoms with Crippen LogP contribution in [0.3, 0.4) is 0 Å². The first-order chi connectivity index (χ1) is 13.1. The number of carbonyl (C=O) groups is 3. The monoisotopic (exact) mass is 368 g/mol. The van der Waals surface area contributed by atoms with E-state index in [4.69, 9.17) is 0 Å². The standard InChI is InChI=1S/C20H24N4O3/c25-18-4-3-16(19(26)22-18)24-11-14-2-1-12(7-15(14)20(24)27)10-23-6-5-13-8-21-9-17(13)23/h1-2,7,13,16-17,21H,3-6,8-11H2,(H,22,25,26)/t13-,16?,17+/m0/s1. The van der Waals surface area contributed by atoms with E-state index in [1.807, 2.05) is 12.1 Å². The van der Waals surface area contributed by atoms with Crippen molar-refractivity contribution in [3.63, 3.8) is 0 Å². The van der Waals surface area contributed by atoms with Gasteiger partial charge in [-0.25, -0.2) is 0 Å². The molecule has 1 aromatic carbocycles. The van der Waals surface area contributed by atoms with Crippen LogP contribution in [0.2, 0.25) is 0 Å². The number of amides is 3. The number of hydrogen-bond donors (Lipinski definition) is 2. The van der Waals surface area contributed by atoms with Crippen LogP contribution in [0.1, 0.15) is 40.7 Å². The molecular formula is C20H24N4O3. The molecule has 4 heterocycles. The van der Waals surface area contributed by atoms with Crippen LogP contribution in [0.4, 0.5) is 0 Å². The summed E-state index contributed by atoms with van der Waals surface area (Å²) in [6.07, 6.45) is 1.93. The molecule has 1 unspecified atom stereocenters. The van der Waals surface area contributed by atoms with Crippen LogP contribution in [0.5, 0.6) is 0 Å². The summed E-state index contributed by atoms with van der Waals surface area (Å²) < 4.78 is 0. The minimum atomic E-state index is -0.546. The van der Waals surface area contributed by atoms with E-state index in [0.717, 1.165) is 43.2 Å². The third kappa shape index (κ3) is 2.85. The average molecular weight is 368 g/mol. The van der Waals surface area contributed by atoms with Gasteiger partial charge in [-0.1, -0.05) is 12.1 Å². The van der Waals surface area contributed by atoms with Gasteiger partial charge in [0.05, 0.1) is 0 Å². The third-order valence-corrected chi connectivity index (χ3v) is 6.54. The van der Waals surface area contributed by atoms with E-state index < -0.39 is 6.04 Å². The zero-order valence-corrected chi connectivity index (χ0v) is 15.2. The molecule has 5 rings (SSSR count). The van der Waals surface area contributed by atoms with E-state index in [9.17, 15) is 14.4 Å². The van der Waals surface area contributed by atoms with Crippen molar-refractivity contribution in [3.8, 4) is 0 Å². The molecule has 3 atom stereocenters. The highest BCUT2D eigenvalue weighted by Gasteiger charge is 2.40. The van der Waals surface area contributed by atoms with Gasteiger partial charge in [0.15, 0.2) is 0 Å². The van der Waals surface area contributed by atoms with Gasteiger partial charge in [0.25, 0.3) is 5.91 Å². The lowest BCUT2D eigenvalue weighted by Gasteiger charge is -2.29. The van der Waals surface area contributed by atoms with Crippen LogP contribution in [-0.2, 0) is 22.7 Å². The Kier molecular flexibility index (Phi) is 4.02. The first-order valence-electron chi connectivity index (χ1n) is 9.81. The lowest BCUT2D eigenvalue weighted by atomic mass is 10.0. The largest absolute Gasteiger partial charge is 0.322 e. The van der Waals surface area contributed by atoms with Gasteiger partial charge in [0.2, 0.25) is 11.8 Å². The lowest BCUT2D eigenvalue weighted by Crippen LogP contribution is -2.52. The fraction of sp³-hybridized carbons (Fsp3) is 0.550. The van der Waals surface area contributed by atoms with Crippen molar-refractivity contribution in [2.24, 2.45) is 5.92 Å². The maximum Gasteiger partial charge on any atom is 0.255 e. The van der Waals surface area contributed by atoms with Crippen LogP contribution in [0.15, 0.2) is 18.2 Å². The molecule has 3 fully saturated rings. The zero-order chi connectivity index (χ0) is 18.5. The van der Waals surface area contributed by atoms with Gasteiger partial charge in [-0.2, -0.15) is 0 Å². The molecule has 7 nitrogen and oxygen atoms in total. The molecule has 1 aromatic rings. The van der Waals surface area contributed by atoms with Crippen molar-refractivity contribution in [2.45, 2.75) is 44.4 Å². The summed E-state index contributed by atoms with van der Waals surface area (Å²) in [5.74, 6) is 0.0461. The van der Waals surface area contributed by atoms with Crippen LogP contribution in [-0.4, -0.2) is 59.2 Å². The summed E-state index contributed by atoms with van der Waals surface area (Å²) in [5.41, 5.74) is 2.83. The van der Waals surface area contributed by atoms with Crippen LogP contribution >= 0.6 is 0 Å². The van der Waals surface area contributed by atoms with Gasteiger partial charge >= 0.3 is 0 Å². The van der Waals surface area contributed by atoms with E-state index in [0.29, 0.717) is 24.6 Å². The quantitative estimate of drug-likeness (QED) is 0.747. The summed E-state index contributed by atoms with van der Waals surface area (Å²) in [6, 6.07) is 6.19. The van der Waals surface area contributed by atoms with Gasteiger partial charge in [-0.05, 0) is 49.0 Å². The molecule has 0 aliphatic carbocycles. The van der Waals surface area contributed by atoms with E-state index >= 15 is 0 Å². The molecule has 4 aliphatic heterocycles. The molecule has 0 radical (unpaired) electrons. The first-order valence-corrected chi connectivity index (χ1v) is 9.81. The maximum atomic E-state index is 12.9. The van der Waals surface area contributed by atoms with Crippen LogP contribution in [0, 0.1) is 5.92 Å². The smallest absolute Gasteiger partial charge is 0.255 e. The Morgan fingerprint density at radius 2 is 2.00 bits per heavy atom. The van der Waals surface area contributed by atoms with E-state index in [1.54, 1.807) is 4.90 Å². The van der Waals surface area contributed by atoms with Gasteiger partial charge in [-0.3, -0.25) is 24.6 Å². The van der Waals surface area contributed by atoms with Gasteiger partial charge in [0.1, 0.15) is 6.04 Å². The number of benzene rings is 1. The molecule has 7 heteroatoms. The van der Waals surface area contributed by atoms with Gasteiger partial charge in [-0.15, -0.1) is 0 Å². The number of hydrogen-bond acceptors (Lipinski definition) is 5. The highest BCUT2D eigenvalue weighted by atomic mass is 16.2. The number of nitrogens with one attached hydrogen (secondary N) is 2. The number of rotatable bonds is 3. The summed E-state index contributed by atoms with van der Waals surface area (Å²) in [5, 5.41) is 5.82. The fourth-order valence-corrected chi connectivity index (χ4v) is 5.07. The normalized spacial score (nSPS) is 30.6. The Labute approximate surface area is 158 Å². The van der Waals surface area contributed by atoms with Crippen molar-refractivity contribution < 1.29 is 14.4 Å². The van der Waals surface area contributed by atoms with Gasteiger partial charge in [0, 0.05) is 37.7 Å². The minimum Gasteiger partial charge on any atom is -0.322 e. The Bertz CT molecular complexity index is 823. The number of carbonyl (C=O) groups excluding carboxylic acids is 3. The molecule has 3 saturated heterocycles. The molecule has 0 bridgehead atoms. The topological polar surface area (TPSA) is 81.8 Å². The number of piperidine rings is 1. The lowest BCUT2D eigenvalue weighted by molar-refractivity contribution is -0.136. The average Bonchev–Trinajstić information content (AvgIpc) is 3.33. The highest BCUT2D eigenvalue weighted by molar-refractivity contribution is 6.05. The Morgan fingerprint density at radius 3 is 2.85 bits per heavy atom. The number of likely N-dealkylation sites (tertiary alicyclic amines) is 1. The van der Waals surface area contributed by atoms with E-state index in [1.165, 1.54) is 6.42 Å². The van der Waals surface area contributed by atoms with Crippen molar-refractivity contribution in [3.05, 3.63) is 34.9 Å². The Morgan fingerprint density at radius 1 is 1.11 bits per heavy atom. The summed E-state index contributed by atoms with van der Waals surface area (Å²) in [7, 11) is 0. The van der Waals surface area contributed by atoms with Gasteiger partial charge < -0.3 is 10.2 Å². The van der Waals surface area contributed by atoms with Crippen molar-refractivity contribution in [1.82, 2.24) is 20.4 Å². The second-order valence-corrected chi connectivity index (χ2v) is 8.14. The van der Waals surface area contributed by atoms with Crippen LogP contribution < -0.4 is 10.6 Å². The summed E-state index contributed by atoms with van der Waals surface area (Å²) >= 11 is 0. The second kappa shape index (κ2) is 6.42. The van der Waals surface area contributed by atoms with E-state index in [-0.39, 0.29) is 24.1 Å². The predicted molar refractivity (Wildman–Crippen MR) is 97.7 cm³/mol. The first kappa shape index (κ1) is 16.9. The molecule has 0 aromatic heterocycles. The Balaban J connectivity index is 1.32. The molecule has 2 N–H and O–H groups in total. The molecule has 3 amide bonds. The molecule has 27 heavy (non-hydrogen) atoms. The molecule has 142 valence electrons. The second-order valence-electron chi connectivity index (χ2n) is 8.14. The zero-order valence-electron chi connectivity index (χ0n) is 15.2. The molecule has 4 aliphatic rings. The number of nitrogens with zero attached hydrogens (tertiary/aromatic N) is 2. The van der Waals surface area contributed by atoms with Crippen molar-refractivity contribution in [1.29, 1.82) is 0 Å². The fourth-order valence-electron chi connectivity index (χ4n) is 5.07. The van der Waals surface area contributed by atoms with Crippen molar-refractivity contribution >= 4 is 17.7 Å². The molecule has 0 spiro atoms. The SMILES string of the molecule is O=C1CCC(N2Cc3ccc(CN4CC[C@H]5CNC[C@H]54)cc3C2=O)C(=O)N1. The number of fused-ring (bicyclic) bond motifs is 2. The van der Waals surface area contributed by atoms with Crippen molar-refractivity contribution in [2.75, 3.05) is 19.6 Å². The maximum absolute atomic E-state index is 12.9. The van der Waals surface area contributed by atoms with Crippen LogP contribution in [0.25, 0.3) is 0 Å². The third-order valence-electron chi connectivity index (χ3n) is 6.54.